The molecule has 1 aromatic heterocycles. The van der Waals surface area contributed by atoms with Gasteiger partial charge in [-0.25, -0.2) is 0 Å². The molecular formula is C18H26N2O. The monoisotopic (exact) mass is 286 g/mol. The Hall–Kier alpha value is -1.61. The average Bonchev–Trinajstić information content (AvgIpc) is 2.87. The molecule has 0 saturated carbocycles. The lowest BCUT2D eigenvalue weighted by atomic mass is 9.99. The topological polar surface area (TPSA) is 38.0 Å². The largest absolute Gasteiger partial charge is 0.388 e. The summed E-state index contributed by atoms with van der Waals surface area (Å²) in [5.41, 5.74) is 3.22. The van der Waals surface area contributed by atoms with Crippen LogP contribution in [0.25, 0.3) is 0 Å². The van der Waals surface area contributed by atoms with Gasteiger partial charge in [-0.3, -0.25) is 4.68 Å². The number of aromatic nitrogens is 2. The Labute approximate surface area is 127 Å². The smallest absolute Gasteiger partial charge is 0.0846 e. The molecule has 114 valence electrons. The van der Waals surface area contributed by atoms with Gasteiger partial charge in [-0.2, -0.15) is 5.10 Å². The number of rotatable bonds is 6. The summed E-state index contributed by atoms with van der Waals surface area (Å²) in [6, 6.07) is 10.6. The Kier molecular flexibility index (Phi) is 5.18. The molecule has 0 aliphatic heterocycles. The maximum atomic E-state index is 10.3. The fraction of sp³-hybridized carbons (Fsp3) is 0.500. The van der Waals surface area contributed by atoms with Crippen molar-refractivity contribution in [1.29, 1.82) is 0 Å². The summed E-state index contributed by atoms with van der Waals surface area (Å²) in [6.07, 6.45) is 3.12. The van der Waals surface area contributed by atoms with Gasteiger partial charge in [0, 0.05) is 18.7 Å². The van der Waals surface area contributed by atoms with Gasteiger partial charge < -0.3 is 5.11 Å². The Morgan fingerprint density at radius 3 is 2.19 bits per heavy atom. The SMILES string of the molecule is CC(C)Cc1ccc(C(O)Cc2ccn(C(C)C)n2)cc1. The third kappa shape index (κ3) is 4.43. The standard InChI is InChI=1S/C18H26N2O/c1-13(2)11-15-5-7-16(8-6-15)18(21)12-17-9-10-20(19-17)14(3)4/h5-10,13-14,18,21H,11-12H2,1-4H3. The molecule has 2 rings (SSSR count). The first-order chi connectivity index (χ1) is 9.95. The zero-order valence-corrected chi connectivity index (χ0v) is 13.5. The molecule has 1 aromatic carbocycles. The maximum Gasteiger partial charge on any atom is 0.0846 e. The minimum atomic E-state index is -0.492. The summed E-state index contributed by atoms with van der Waals surface area (Å²) in [4.78, 5) is 0. The van der Waals surface area contributed by atoms with Gasteiger partial charge >= 0.3 is 0 Å². The van der Waals surface area contributed by atoms with Crippen LogP contribution in [0.15, 0.2) is 36.5 Å². The van der Waals surface area contributed by atoms with Crippen LogP contribution in [0.3, 0.4) is 0 Å². The third-order valence-electron chi connectivity index (χ3n) is 3.60. The highest BCUT2D eigenvalue weighted by Gasteiger charge is 2.11. The molecule has 0 radical (unpaired) electrons. The van der Waals surface area contributed by atoms with Crippen LogP contribution in [0, 0.1) is 5.92 Å². The van der Waals surface area contributed by atoms with E-state index < -0.39 is 6.10 Å². The normalized spacial score (nSPS) is 13.1. The minimum absolute atomic E-state index is 0.353. The van der Waals surface area contributed by atoms with Gasteiger partial charge in [0.15, 0.2) is 0 Å². The van der Waals surface area contributed by atoms with Gasteiger partial charge in [-0.15, -0.1) is 0 Å². The minimum Gasteiger partial charge on any atom is -0.388 e. The van der Waals surface area contributed by atoms with E-state index in [1.807, 2.05) is 29.1 Å². The Bertz CT molecular complexity index is 555. The third-order valence-corrected chi connectivity index (χ3v) is 3.60. The number of hydrogen-bond donors (Lipinski definition) is 1. The number of nitrogens with zero attached hydrogens (tertiary/aromatic N) is 2. The lowest BCUT2D eigenvalue weighted by Gasteiger charge is -2.11. The van der Waals surface area contributed by atoms with Gasteiger partial charge in [0.1, 0.15) is 0 Å². The molecule has 1 atom stereocenters. The van der Waals surface area contributed by atoms with Crippen molar-refractivity contribution in [3.05, 3.63) is 53.3 Å². The second-order valence-electron chi connectivity index (χ2n) is 6.44. The van der Waals surface area contributed by atoms with E-state index in [1.54, 1.807) is 0 Å². The van der Waals surface area contributed by atoms with Crippen LogP contribution in [-0.4, -0.2) is 14.9 Å². The number of hydrogen-bond acceptors (Lipinski definition) is 2. The van der Waals surface area contributed by atoms with Gasteiger partial charge in [-0.05, 0) is 43.4 Å². The van der Waals surface area contributed by atoms with Crippen molar-refractivity contribution in [1.82, 2.24) is 9.78 Å². The molecule has 3 heteroatoms. The fourth-order valence-corrected chi connectivity index (χ4v) is 2.44. The highest BCUT2D eigenvalue weighted by molar-refractivity contribution is 5.25. The summed E-state index contributed by atoms with van der Waals surface area (Å²) in [5.74, 6) is 0.653. The molecule has 21 heavy (non-hydrogen) atoms. The predicted molar refractivity (Wildman–Crippen MR) is 86.3 cm³/mol. The quantitative estimate of drug-likeness (QED) is 0.873. The van der Waals surface area contributed by atoms with E-state index in [-0.39, 0.29) is 0 Å². The molecule has 0 amide bonds. The molecule has 0 aliphatic carbocycles. The van der Waals surface area contributed by atoms with E-state index in [0.29, 0.717) is 18.4 Å². The van der Waals surface area contributed by atoms with Crippen LogP contribution in [0.2, 0.25) is 0 Å². The highest BCUT2D eigenvalue weighted by Crippen LogP contribution is 2.19. The molecule has 2 aromatic rings. The van der Waals surface area contributed by atoms with Crippen LogP contribution < -0.4 is 0 Å². The van der Waals surface area contributed by atoms with E-state index in [1.165, 1.54) is 5.56 Å². The van der Waals surface area contributed by atoms with Crippen molar-refractivity contribution in [2.75, 3.05) is 0 Å². The highest BCUT2D eigenvalue weighted by atomic mass is 16.3. The Morgan fingerprint density at radius 2 is 1.67 bits per heavy atom. The van der Waals surface area contributed by atoms with Crippen molar-refractivity contribution in [3.8, 4) is 0 Å². The zero-order chi connectivity index (χ0) is 15.4. The van der Waals surface area contributed by atoms with Gasteiger partial charge in [-0.1, -0.05) is 38.1 Å². The van der Waals surface area contributed by atoms with Crippen LogP contribution >= 0.6 is 0 Å². The predicted octanol–water partition coefficient (Wildman–Crippen LogP) is 3.94. The molecule has 0 fully saturated rings. The first-order valence-corrected chi connectivity index (χ1v) is 7.76. The van der Waals surface area contributed by atoms with Crippen molar-refractivity contribution >= 4 is 0 Å². The molecule has 1 heterocycles. The number of benzene rings is 1. The van der Waals surface area contributed by atoms with E-state index in [0.717, 1.165) is 17.7 Å². The average molecular weight is 286 g/mol. The molecule has 1 unspecified atom stereocenters. The summed E-state index contributed by atoms with van der Waals surface area (Å²) in [5, 5.41) is 14.8. The summed E-state index contributed by atoms with van der Waals surface area (Å²) in [6.45, 7) is 8.63. The summed E-state index contributed by atoms with van der Waals surface area (Å²) < 4.78 is 1.92. The van der Waals surface area contributed by atoms with Crippen LogP contribution in [0.4, 0.5) is 0 Å². The molecule has 3 nitrogen and oxygen atoms in total. The fourth-order valence-electron chi connectivity index (χ4n) is 2.44. The lowest BCUT2D eigenvalue weighted by Crippen LogP contribution is -2.05. The first-order valence-electron chi connectivity index (χ1n) is 7.76. The second-order valence-corrected chi connectivity index (χ2v) is 6.44. The number of aliphatic hydroxyl groups is 1. The maximum absolute atomic E-state index is 10.3. The molecule has 0 bridgehead atoms. The molecule has 1 N–H and O–H groups in total. The van der Waals surface area contributed by atoms with E-state index >= 15 is 0 Å². The van der Waals surface area contributed by atoms with Gasteiger partial charge in [0.2, 0.25) is 0 Å². The van der Waals surface area contributed by atoms with Crippen molar-refractivity contribution < 1.29 is 5.11 Å². The van der Waals surface area contributed by atoms with E-state index in [4.69, 9.17) is 0 Å². The molecule has 0 aliphatic rings. The summed E-state index contributed by atoms with van der Waals surface area (Å²) >= 11 is 0. The van der Waals surface area contributed by atoms with Crippen LogP contribution in [0.5, 0.6) is 0 Å². The molecular weight excluding hydrogens is 260 g/mol. The van der Waals surface area contributed by atoms with Gasteiger partial charge in [0.05, 0.1) is 11.8 Å². The first kappa shape index (κ1) is 15.8. The van der Waals surface area contributed by atoms with Crippen LogP contribution in [-0.2, 0) is 12.8 Å². The summed E-state index contributed by atoms with van der Waals surface area (Å²) in [7, 11) is 0. The van der Waals surface area contributed by atoms with Gasteiger partial charge in [0.25, 0.3) is 0 Å². The van der Waals surface area contributed by atoms with Crippen molar-refractivity contribution in [2.45, 2.75) is 52.7 Å². The van der Waals surface area contributed by atoms with E-state index in [2.05, 4.69) is 44.9 Å². The van der Waals surface area contributed by atoms with Crippen molar-refractivity contribution in [3.63, 3.8) is 0 Å². The Morgan fingerprint density at radius 1 is 1.00 bits per heavy atom. The zero-order valence-electron chi connectivity index (χ0n) is 13.5. The Balaban J connectivity index is 2.00. The number of aliphatic hydroxyl groups excluding tert-OH is 1. The second kappa shape index (κ2) is 6.90. The lowest BCUT2D eigenvalue weighted by molar-refractivity contribution is 0.177. The van der Waals surface area contributed by atoms with Crippen LogP contribution in [0.1, 0.15) is 56.7 Å². The molecule has 0 saturated heterocycles. The van der Waals surface area contributed by atoms with E-state index in [9.17, 15) is 5.11 Å². The molecule has 0 spiro atoms. The van der Waals surface area contributed by atoms with Crippen molar-refractivity contribution in [2.24, 2.45) is 5.92 Å².